The monoisotopic (exact) mass is 474 g/mol. The van der Waals surface area contributed by atoms with Crippen LogP contribution in [-0.4, -0.2) is 77.5 Å². The number of carbonyl (C=O) groups excluding carboxylic acids is 3. The maximum Gasteiger partial charge on any atom is 0.322 e. The average molecular weight is 475 g/mol. The summed E-state index contributed by atoms with van der Waals surface area (Å²) in [7, 11) is 0. The number of hydrogen-bond donors (Lipinski definition) is 4. The molecule has 33 heavy (non-hydrogen) atoms. The number of carbonyl (C=O) groups is 3. The van der Waals surface area contributed by atoms with E-state index < -0.39 is 30.2 Å². The van der Waals surface area contributed by atoms with Gasteiger partial charge in [0.2, 0.25) is 5.91 Å². The summed E-state index contributed by atoms with van der Waals surface area (Å²) in [5.74, 6) is -0.802. The lowest BCUT2D eigenvalue weighted by Gasteiger charge is -2.27. The van der Waals surface area contributed by atoms with E-state index in [2.05, 4.69) is 10.6 Å². The molecular weight excluding hydrogens is 452 g/mol. The second-order valence-corrected chi connectivity index (χ2v) is 8.16. The summed E-state index contributed by atoms with van der Waals surface area (Å²) >= 11 is 5.85. The van der Waals surface area contributed by atoms with Crippen molar-refractivity contribution in [2.75, 3.05) is 41.8 Å². The summed E-state index contributed by atoms with van der Waals surface area (Å²) in [4.78, 5) is 40.3. The zero-order valence-electron chi connectivity index (χ0n) is 17.5. The summed E-state index contributed by atoms with van der Waals surface area (Å²) in [5.41, 5.74) is 1.53. The number of aliphatic hydroxyl groups is 2. The number of anilines is 3. The molecule has 0 spiro atoms. The molecule has 4 rings (SSSR count). The van der Waals surface area contributed by atoms with Crippen LogP contribution in [0.3, 0.4) is 0 Å². The van der Waals surface area contributed by atoms with Crippen LogP contribution in [0.15, 0.2) is 48.5 Å². The lowest BCUT2D eigenvalue weighted by Crippen LogP contribution is -2.49. The Hall–Kier alpha value is -3.18. The molecule has 174 valence electrons. The first-order chi connectivity index (χ1) is 15.8. The number of halogens is 1. The molecule has 0 radical (unpaired) electrons. The van der Waals surface area contributed by atoms with Gasteiger partial charge in [-0.3, -0.25) is 9.59 Å². The third-order valence-corrected chi connectivity index (χ3v) is 5.75. The van der Waals surface area contributed by atoms with Crippen LogP contribution in [0.1, 0.15) is 0 Å². The number of hydrogen-bond acceptors (Lipinski definition) is 6. The Kier molecular flexibility index (Phi) is 6.80. The van der Waals surface area contributed by atoms with E-state index in [0.29, 0.717) is 35.2 Å². The summed E-state index contributed by atoms with van der Waals surface area (Å²) < 4.78 is 5.12. The molecule has 2 aromatic carbocycles. The van der Waals surface area contributed by atoms with Gasteiger partial charge in [-0.05, 0) is 48.5 Å². The van der Waals surface area contributed by atoms with Gasteiger partial charge < -0.3 is 35.4 Å². The Balaban J connectivity index is 1.44. The molecule has 4 N–H and O–H groups in total. The molecule has 2 aliphatic heterocycles. The van der Waals surface area contributed by atoms with E-state index in [-0.39, 0.29) is 19.1 Å². The number of amides is 4. The predicted molar refractivity (Wildman–Crippen MR) is 121 cm³/mol. The third kappa shape index (κ3) is 5.09. The molecule has 11 heteroatoms. The lowest BCUT2D eigenvalue weighted by atomic mass is 10.1. The number of β-amino-alcohol motifs (C(OH)–C–C–N with tert-alkyl or cyclic N) is 1. The molecule has 2 fully saturated rings. The van der Waals surface area contributed by atoms with E-state index in [1.807, 2.05) is 0 Å². The molecule has 2 saturated heterocycles. The number of likely N-dealkylation sites (tertiary alicyclic amines) is 1. The van der Waals surface area contributed by atoms with Crippen LogP contribution >= 0.6 is 11.6 Å². The van der Waals surface area contributed by atoms with Gasteiger partial charge in [-0.1, -0.05) is 11.6 Å². The van der Waals surface area contributed by atoms with Gasteiger partial charge >= 0.3 is 6.03 Å². The quantitative estimate of drug-likeness (QED) is 0.528. The smallest absolute Gasteiger partial charge is 0.322 e. The first-order valence-electron chi connectivity index (χ1n) is 10.3. The van der Waals surface area contributed by atoms with Crippen molar-refractivity contribution >= 4 is 46.5 Å². The van der Waals surface area contributed by atoms with E-state index >= 15 is 0 Å². The number of urea groups is 1. The Bertz CT molecular complexity index is 1030. The minimum absolute atomic E-state index is 0.0221. The Morgan fingerprint density at radius 1 is 1.00 bits per heavy atom. The number of aliphatic hydroxyl groups excluding tert-OH is 2. The van der Waals surface area contributed by atoms with Crippen molar-refractivity contribution in [3.05, 3.63) is 53.6 Å². The fraction of sp³-hybridized carbons (Fsp3) is 0.318. The SMILES string of the molecule is O=C(Nc1ccc(N2CCOCC2=O)cc1)[C@H]1C(O)[C@H](O)CN1C(=O)Nc1ccc(Cl)cc1. The summed E-state index contributed by atoms with van der Waals surface area (Å²) in [6.45, 7) is 0.694. The van der Waals surface area contributed by atoms with E-state index in [1.54, 1.807) is 53.4 Å². The first-order valence-corrected chi connectivity index (χ1v) is 10.7. The molecule has 0 saturated carbocycles. The van der Waals surface area contributed by atoms with Crippen molar-refractivity contribution < 1.29 is 29.3 Å². The Morgan fingerprint density at radius 2 is 1.64 bits per heavy atom. The van der Waals surface area contributed by atoms with Crippen molar-refractivity contribution in [3.63, 3.8) is 0 Å². The van der Waals surface area contributed by atoms with Crippen LogP contribution in [0.2, 0.25) is 5.02 Å². The summed E-state index contributed by atoms with van der Waals surface area (Å²) in [6, 6.07) is 11.1. The van der Waals surface area contributed by atoms with Crippen LogP contribution in [0, 0.1) is 0 Å². The van der Waals surface area contributed by atoms with Crippen LogP contribution in [0.4, 0.5) is 21.9 Å². The minimum Gasteiger partial charge on any atom is -0.388 e. The standard InChI is InChI=1S/C22H23ClN4O6/c23-13-1-3-15(4-2-13)25-22(32)27-11-17(28)20(30)19(27)21(31)24-14-5-7-16(8-6-14)26-9-10-33-12-18(26)29/h1-8,17,19-20,28,30H,9-12H2,(H,24,31)(H,25,32)/t17-,19-,20?/m1/s1. The topological polar surface area (TPSA) is 131 Å². The van der Waals surface area contributed by atoms with Gasteiger partial charge in [0.25, 0.3) is 5.91 Å². The first kappa shape index (κ1) is 23.0. The van der Waals surface area contributed by atoms with Gasteiger partial charge in [0.05, 0.1) is 13.2 Å². The van der Waals surface area contributed by atoms with Crippen molar-refractivity contribution in [1.82, 2.24) is 4.90 Å². The van der Waals surface area contributed by atoms with Crippen molar-refractivity contribution in [3.8, 4) is 0 Å². The van der Waals surface area contributed by atoms with Gasteiger partial charge in [0.1, 0.15) is 24.9 Å². The normalized spacial score (nSPS) is 22.9. The van der Waals surface area contributed by atoms with Crippen LogP contribution in [0.25, 0.3) is 0 Å². The Morgan fingerprint density at radius 3 is 2.30 bits per heavy atom. The fourth-order valence-electron chi connectivity index (χ4n) is 3.78. The van der Waals surface area contributed by atoms with Gasteiger partial charge in [0.15, 0.2) is 0 Å². The molecular formula is C22H23ClN4O6. The van der Waals surface area contributed by atoms with Crippen LogP contribution in [-0.2, 0) is 14.3 Å². The molecule has 0 aliphatic carbocycles. The number of benzene rings is 2. The highest BCUT2D eigenvalue weighted by Gasteiger charge is 2.46. The highest BCUT2D eigenvalue weighted by molar-refractivity contribution is 6.30. The number of morpholine rings is 1. The van der Waals surface area contributed by atoms with Crippen LogP contribution < -0.4 is 15.5 Å². The zero-order valence-corrected chi connectivity index (χ0v) is 18.2. The second kappa shape index (κ2) is 9.75. The predicted octanol–water partition coefficient (Wildman–Crippen LogP) is 1.28. The van der Waals surface area contributed by atoms with Crippen molar-refractivity contribution in [2.45, 2.75) is 18.2 Å². The Labute approximate surface area is 194 Å². The molecule has 4 amide bonds. The van der Waals surface area contributed by atoms with Gasteiger partial charge in [-0.2, -0.15) is 0 Å². The highest BCUT2D eigenvalue weighted by Crippen LogP contribution is 2.24. The van der Waals surface area contributed by atoms with Crippen molar-refractivity contribution in [1.29, 1.82) is 0 Å². The van der Waals surface area contributed by atoms with Crippen LogP contribution in [0.5, 0.6) is 0 Å². The molecule has 3 atom stereocenters. The van der Waals surface area contributed by atoms with E-state index in [1.165, 1.54) is 0 Å². The molecule has 0 aromatic heterocycles. The van der Waals surface area contributed by atoms with E-state index in [9.17, 15) is 24.6 Å². The molecule has 0 bridgehead atoms. The molecule has 2 heterocycles. The summed E-state index contributed by atoms with van der Waals surface area (Å²) in [6.07, 6.45) is -2.72. The zero-order chi connectivity index (χ0) is 23.5. The molecule has 2 aromatic rings. The van der Waals surface area contributed by atoms with Gasteiger partial charge in [-0.25, -0.2) is 4.79 Å². The average Bonchev–Trinajstić information content (AvgIpc) is 3.11. The number of nitrogens with zero attached hydrogens (tertiary/aromatic N) is 2. The third-order valence-electron chi connectivity index (χ3n) is 5.49. The van der Waals surface area contributed by atoms with Crippen molar-refractivity contribution in [2.24, 2.45) is 0 Å². The van der Waals surface area contributed by atoms with E-state index in [0.717, 1.165) is 4.90 Å². The van der Waals surface area contributed by atoms with E-state index in [4.69, 9.17) is 16.3 Å². The second-order valence-electron chi connectivity index (χ2n) is 7.73. The van der Waals surface area contributed by atoms with Gasteiger partial charge in [-0.15, -0.1) is 0 Å². The summed E-state index contributed by atoms with van der Waals surface area (Å²) in [5, 5.41) is 26.2. The largest absolute Gasteiger partial charge is 0.388 e. The molecule has 2 aliphatic rings. The molecule has 1 unspecified atom stereocenters. The highest BCUT2D eigenvalue weighted by atomic mass is 35.5. The number of nitrogens with one attached hydrogen (secondary N) is 2. The minimum atomic E-state index is -1.45. The lowest BCUT2D eigenvalue weighted by molar-refractivity contribution is -0.125. The number of rotatable bonds is 4. The molecule has 10 nitrogen and oxygen atoms in total. The fourth-order valence-corrected chi connectivity index (χ4v) is 3.91. The maximum atomic E-state index is 12.9. The van der Waals surface area contributed by atoms with Gasteiger partial charge in [0, 0.05) is 28.6 Å². The number of ether oxygens (including phenoxy) is 1. The maximum absolute atomic E-state index is 12.9.